The normalized spacial score (nSPS) is 31.1. The van der Waals surface area contributed by atoms with E-state index in [9.17, 15) is 9.90 Å². The number of nitrogens with zero attached hydrogens (tertiary/aromatic N) is 1. The molecule has 2 amide bonds. The van der Waals surface area contributed by atoms with Crippen molar-refractivity contribution in [3.63, 3.8) is 0 Å². The highest BCUT2D eigenvalue weighted by Gasteiger charge is 2.29. The van der Waals surface area contributed by atoms with E-state index in [1.165, 1.54) is 0 Å². The van der Waals surface area contributed by atoms with E-state index in [-0.39, 0.29) is 12.1 Å². The fraction of sp³-hybridized carbons (Fsp3) is 0.909. The Hall–Kier alpha value is -0.770. The van der Waals surface area contributed by atoms with Crippen molar-refractivity contribution >= 4 is 6.03 Å². The van der Waals surface area contributed by atoms with Crippen LogP contribution in [0.4, 0.5) is 4.79 Å². The van der Waals surface area contributed by atoms with Gasteiger partial charge < -0.3 is 15.3 Å². The number of hydrogen-bond acceptors (Lipinski definition) is 2. The summed E-state index contributed by atoms with van der Waals surface area (Å²) < 4.78 is 0. The van der Waals surface area contributed by atoms with Gasteiger partial charge in [0.05, 0.1) is 6.10 Å². The third-order valence-corrected chi connectivity index (χ3v) is 3.44. The van der Waals surface area contributed by atoms with Crippen molar-refractivity contribution in [2.45, 2.75) is 56.7 Å². The number of hydrogen-bond donors (Lipinski definition) is 2. The van der Waals surface area contributed by atoms with Gasteiger partial charge in [0.1, 0.15) is 0 Å². The summed E-state index contributed by atoms with van der Waals surface area (Å²) in [6, 6.07) is 0.792. The van der Waals surface area contributed by atoms with Gasteiger partial charge in [-0.1, -0.05) is 0 Å². The molecule has 2 N–H and O–H groups in total. The molecule has 0 aromatic rings. The smallest absolute Gasteiger partial charge is 0.317 e. The largest absolute Gasteiger partial charge is 0.393 e. The van der Waals surface area contributed by atoms with Crippen molar-refractivity contribution in [3.05, 3.63) is 0 Å². The molecule has 0 aromatic carbocycles. The summed E-state index contributed by atoms with van der Waals surface area (Å²) in [5.41, 5.74) is 0. The molecule has 2 saturated carbocycles. The van der Waals surface area contributed by atoms with Crippen LogP contribution in [0.25, 0.3) is 0 Å². The van der Waals surface area contributed by atoms with Crippen LogP contribution in [0, 0.1) is 0 Å². The number of carbonyl (C=O) groups is 1. The molecule has 2 rings (SSSR count). The van der Waals surface area contributed by atoms with Gasteiger partial charge in [0.2, 0.25) is 0 Å². The fourth-order valence-corrected chi connectivity index (χ4v) is 2.12. The Balaban J connectivity index is 1.78. The maximum atomic E-state index is 11.7. The SMILES string of the molecule is CN(C(=O)NC1CC1)C1CCC(O)CC1. The minimum atomic E-state index is -0.152. The van der Waals surface area contributed by atoms with Crippen molar-refractivity contribution in [1.82, 2.24) is 10.2 Å². The van der Waals surface area contributed by atoms with Crippen LogP contribution in [0.5, 0.6) is 0 Å². The van der Waals surface area contributed by atoms with Crippen molar-refractivity contribution in [2.75, 3.05) is 7.05 Å². The molecule has 0 heterocycles. The van der Waals surface area contributed by atoms with E-state index in [4.69, 9.17) is 0 Å². The van der Waals surface area contributed by atoms with E-state index >= 15 is 0 Å². The summed E-state index contributed by atoms with van der Waals surface area (Å²) in [6.07, 6.45) is 5.61. The highest BCUT2D eigenvalue weighted by Crippen LogP contribution is 2.23. The highest BCUT2D eigenvalue weighted by atomic mass is 16.3. The minimum absolute atomic E-state index is 0.0545. The maximum Gasteiger partial charge on any atom is 0.317 e. The second-order valence-electron chi connectivity index (χ2n) is 4.80. The third-order valence-electron chi connectivity index (χ3n) is 3.44. The maximum absolute atomic E-state index is 11.7. The molecule has 0 unspecified atom stereocenters. The lowest BCUT2D eigenvalue weighted by Crippen LogP contribution is -2.46. The average Bonchev–Trinajstić information content (AvgIpc) is 3.02. The quantitative estimate of drug-likeness (QED) is 0.720. The standard InChI is InChI=1S/C11H20N2O2/c1-13(11(15)12-8-2-3-8)9-4-6-10(14)7-5-9/h8-10,14H,2-7H2,1H3,(H,12,15). The molecule has 0 bridgehead atoms. The Morgan fingerprint density at radius 2 is 1.80 bits per heavy atom. The zero-order chi connectivity index (χ0) is 10.8. The lowest BCUT2D eigenvalue weighted by atomic mass is 9.92. The van der Waals surface area contributed by atoms with E-state index in [1.54, 1.807) is 0 Å². The molecular formula is C11H20N2O2. The Kier molecular flexibility index (Phi) is 3.14. The second-order valence-corrected chi connectivity index (χ2v) is 4.80. The van der Waals surface area contributed by atoms with E-state index in [2.05, 4.69) is 5.32 Å². The lowest BCUT2D eigenvalue weighted by molar-refractivity contribution is 0.0917. The van der Waals surface area contributed by atoms with Crippen LogP contribution in [0.15, 0.2) is 0 Å². The predicted octanol–water partition coefficient (Wildman–Crippen LogP) is 1.09. The predicted molar refractivity (Wildman–Crippen MR) is 57.6 cm³/mol. The number of aliphatic hydroxyl groups excluding tert-OH is 1. The van der Waals surface area contributed by atoms with Gasteiger partial charge >= 0.3 is 6.03 Å². The van der Waals surface area contributed by atoms with E-state index in [1.807, 2.05) is 11.9 Å². The number of rotatable bonds is 2. The van der Waals surface area contributed by atoms with E-state index in [0.717, 1.165) is 38.5 Å². The molecular weight excluding hydrogens is 192 g/mol. The van der Waals surface area contributed by atoms with Crippen molar-refractivity contribution in [2.24, 2.45) is 0 Å². The molecule has 2 aliphatic carbocycles. The van der Waals surface area contributed by atoms with Crippen LogP contribution >= 0.6 is 0 Å². The molecule has 2 aliphatic rings. The second kappa shape index (κ2) is 4.39. The van der Waals surface area contributed by atoms with Crippen LogP contribution in [0.3, 0.4) is 0 Å². The Morgan fingerprint density at radius 3 is 2.33 bits per heavy atom. The Labute approximate surface area is 90.6 Å². The molecule has 0 aromatic heterocycles. The summed E-state index contributed by atoms with van der Waals surface area (Å²) in [6.45, 7) is 0. The average molecular weight is 212 g/mol. The molecule has 15 heavy (non-hydrogen) atoms. The number of urea groups is 1. The summed E-state index contributed by atoms with van der Waals surface area (Å²) in [4.78, 5) is 13.5. The van der Waals surface area contributed by atoms with Crippen LogP contribution in [0.2, 0.25) is 0 Å². The first-order valence-electron chi connectivity index (χ1n) is 5.88. The van der Waals surface area contributed by atoms with Crippen LogP contribution in [0.1, 0.15) is 38.5 Å². The van der Waals surface area contributed by atoms with Gasteiger partial charge in [-0.15, -0.1) is 0 Å². The zero-order valence-electron chi connectivity index (χ0n) is 9.28. The van der Waals surface area contributed by atoms with Gasteiger partial charge in [-0.05, 0) is 38.5 Å². The molecule has 4 nitrogen and oxygen atoms in total. The number of aliphatic hydroxyl groups is 1. The summed E-state index contributed by atoms with van der Waals surface area (Å²) in [5, 5.41) is 12.4. The van der Waals surface area contributed by atoms with Gasteiger partial charge in [0.25, 0.3) is 0 Å². The van der Waals surface area contributed by atoms with Crippen LogP contribution < -0.4 is 5.32 Å². The first-order chi connectivity index (χ1) is 7.16. The highest BCUT2D eigenvalue weighted by molar-refractivity contribution is 5.74. The van der Waals surface area contributed by atoms with Gasteiger partial charge in [-0.25, -0.2) is 4.79 Å². The Morgan fingerprint density at radius 1 is 1.20 bits per heavy atom. The van der Waals surface area contributed by atoms with Crippen molar-refractivity contribution < 1.29 is 9.90 Å². The molecule has 0 atom stereocenters. The first-order valence-corrected chi connectivity index (χ1v) is 5.88. The molecule has 0 aliphatic heterocycles. The van der Waals surface area contributed by atoms with E-state index in [0.29, 0.717) is 12.1 Å². The van der Waals surface area contributed by atoms with Crippen molar-refractivity contribution in [3.8, 4) is 0 Å². The number of nitrogens with one attached hydrogen (secondary N) is 1. The number of amides is 2. The fourth-order valence-electron chi connectivity index (χ4n) is 2.12. The van der Waals surface area contributed by atoms with Crippen LogP contribution in [-0.2, 0) is 0 Å². The summed E-state index contributed by atoms with van der Waals surface area (Å²) in [5.74, 6) is 0. The first kappa shape index (κ1) is 10.7. The summed E-state index contributed by atoms with van der Waals surface area (Å²) in [7, 11) is 1.86. The molecule has 86 valence electrons. The van der Waals surface area contributed by atoms with Gasteiger partial charge in [-0.3, -0.25) is 0 Å². The summed E-state index contributed by atoms with van der Waals surface area (Å²) >= 11 is 0. The van der Waals surface area contributed by atoms with Crippen molar-refractivity contribution in [1.29, 1.82) is 0 Å². The third kappa shape index (κ3) is 2.84. The molecule has 0 spiro atoms. The molecule has 0 saturated heterocycles. The Bertz CT molecular complexity index is 233. The molecule has 4 heteroatoms. The minimum Gasteiger partial charge on any atom is -0.393 e. The van der Waals surface area contributed by atoms with Gasteiger partial charge in [0.15, 0.2) is 0 Å². The topological polar surface area (TPSA) is 52.6 Å². The van der Waals surface area contributed by atoms with Gasteiger partial charge in [-0.2, -0.15) is 0 Å². The van der Waals surface area contributed by atoms with Gasteiger partial charge in [0, 0.05) is 19.1 Å². The number of carbonyl (C=O) groups excluding carboxylic acids is 1. The van der Waals surface area contributed by atoms with Crippen LogP contribution in [-0.4, -0.2) is 41.3 Å². The monoisotopic (exact) mass is 212 g/mol. The lowest BCUT2D eigenvalue weighted by Gasteiger charge is -2.33. The zero-order valence-corrected chi connectivity index (χ0v) is 9.28. The molecule has 0 radical (unpaired) electrons. The van der Waals surface area contributed by atoms with E-state index < -0.39 is 0 Å². The molecule has 2 fully saturated rings.